The highest BCUT2D eigenvalue weighted by atomic mass is 16.2. The number of carbonyl (C=O) groups is 1. The minimum Gasteiger partial charge on any atom is -0.347 e. The molecular formula is C21H22N4O. The number of hydrogen-bond donors (Lipinski definition) is 1. The van der Waals surface area contributed by atoms with Gasteiger partial charge in [-0.2, -0.15) is 5.10 Å². The third-order valence-corrected chi connectivity index (χ3v) is 5.07. The average molecular weight is 346 g/mol. The zero-order chi connectivity index (χ0) is 17.9. The molecule has 1 aliphatic carbocycles. The number of amides is 1. The number of rotatable bonds is 6. The molecule has 4 rings (SSSR count). The molecule has 3 atom stereocenters. The summed E-state index contributed by atoms with van der Waals surface area (Å²) in [6.45, 7) is 2.68. The molecule has 1 heterocycles. The third-order valence-electron chi connectivity index (χ3n) is 5.07. The van der Waals surface area contributed by atoms with Gasteiger partial charge in [0.1, 0.15) is 12.7 Å². The van der Waals surface area contributed by atoms with E-state index in [1.165, 1.54) is 17.5 Å². The van der Waals surface area contributed by atoms with Crippen LogP contribution in [0.15, 0.2) is 67.3 Å². The van der Waals surface area contributed by atoms with Gasteiger partial charge < -0.3 is 5.32 Å². The Balaban J connectivity index is 1.48. The highest BCUT2D eigenvalue weighted by Gasteiger charge is 2.44. The first-order valence-corrected chi connectivity index (χ1v) is 8.95. The lowest BCUT2D eigenvalue weighted by molar-refractivity contribution is -0.123. The van der Waals surface area contributed by atoms with E-state index in [9.17, 15) is 4.79 Å². The van der Waals surface area contributed by atoms with Gasteiger partial charge in [-0.1, -0.05) is 54.6 Å². The van der Waals surface area contributed by atoms with Gasteiger partial charge in [0.05, 0.1) is 12.6 Å². The number of hydrogen-bond acceptors (Lipinski definition) is 3. The van der Waals surface area contributed by atoms with E-state index in [2.05, 4.69) is 34.5 Å². The zero-order valence-corrected chi connectivity index (χ0v) is 14.7. The Hall–Kier alpha value is -2.95. The fourth-order valence-electron chi connectivity index (χ4n) is 3.54. The molecule has 1 aromatic heterocycles. The third kappa shape index (κ3) is 3.52. The zero-order valence-electron chi connectivity index (χ0n) is 14.7. The molecule has 0 unspecified atom stereocenters. The number of aromatic nitrogens is 3. The lowest BCUT2D eigenvalue weighted by Crippen LogP contribution is -2.33. The van der Waals surface area contributed by atoms with Crippen LogP contribution in [0.3, 0.4) is 0 Å². The Kier molecular flexibility index (Phi) is 4.52. The molecule has 5 heteroatoms. The van der Waals surface area contributed by atoms with Crippen molar-refractivity contribution in [1.82, 2.24) is 20.1 Å². The first-order valence-electron chi connectivity index (χ1n) is 8.95. The smallest absolute Gasteiger partial charge is 0.224 e. The summed E-state index contributed by atoms with van der Waals surface area (Å²) < 4.78 is 1.75. The van der Waals surface area contributed by atoms with Crippen LogP contribution in [0.5, 0.6) is 0 Å². The van der Waals surface area contributed by atoms with Crippen molar-refractivity contribution in [2.75, 3.05) is 0 Å². The van der Waals surface area contributed by atoms with E-state index in [1.54, 1.807) is 11.0 Å². The molecular weight excluding hydrogens is 324 g/mol. The maximum Gasteiger partial charge on any atom is 0.224 e. The van der Waals surface area contributed by atoms with Gasteiger partial charge >= 0.3 is 0 Å². The number of carbonyl (C=O) groups excluding carboxylic acids is 1. The number of nitrogens with zero attached hydrogens (tertiary/aromatic N) is 3. The number of nitrogens with one attached hydrogen (secondary N) is 1. The predicted octanol–water partition coefficient (Wildman–Crippen LogP) is 3.25. The molecule has 0 radical (unpaired) electrons. The summed E-state index contributed by atoms with van der Waals surface area (Å²) in [6.07, 6.45) is 4.11. The minimum absolute atomic E-state index is 0.0538. The average Bonchev–Trinajstić information content (AvgIpc) is 3.30. The van der Waals surface area contributed by atoms with Crippen molar-refractivity contribution in [1.29, 1.82) is 0 Å². The summed E-state index contributed by atoms with van der Waals surface area (Å²) in [7, 11) is 0. The van der Waals surface area contributed by atoms with Crippen LogP contribution in [0, 0.1) is 12.8 Å². The van der Waals surface area contributed by atoms with Crippen LogP contribution in [0.4, 0.5) is 0 Å². The molecule has 1 aliphatic rings. The standard InChI is InChI=1S/C21H22N4O/c1-15-7-5-6-10-17(15)18-11-19(18)21(26)24-20(12-25-14-22-13-23-25)16-8-3-2-4-9-16/h2-10,13-14,18-20H,11-12H2,1H3,(H,24,26)/t18-,19-,20-/m0/s1. The van der Waals surface area contributed by atoms with Gasteiger partial charge in [-0.25, -0.2) is 4.98 Å². The Labute approximate surface area is 153 Å². The van der Waals surface area contributed by atoms with Crippen LogP contribution < -0.4 is 5.32 Å². The van der Waals surface area contributed by atoms with E-state index >= 15 is 0 Å². The molecule has 1 amide bonds. The predicted molar refractivity (Wildman–Crippen MR) is 99.4 cm³/mol. The first kappa shape index (κ1) is 16.5. The molecule has 26 heavy (non-hydrogen) atoms. The highest BCUT2D eigenvalue weighted by Crippen LogP contribution is 2.48. The van der Waals surface area contributed by atoms with E-state index in [0.717, 1.165) is 12.0 Å². The first-order chi connectivity index (χ1) is 12.7. The van der Waals surface area contributed by atoms with Gasteiger partial charge in [-0.15, -0.1) is 0 Å². The second kappa shape index (κ2) is 7.12. The Bertz CT molecular complexity index is 876. The van der Waals surface area contributed by atoms with Crippen molar-refractivity contribution in [3.05, 3.63) is 83.9 Å². The van der Waals surface area contributed by atoms with Gasteiger partial charge in [-0.05, 0) is 36.0 Å². The summed E-state index contributed by atoms with van der Waals surface area (Å²) >= 11 is 0. The minimum atomic E-state index is -0.122. The summed E-state index contributed by atoms with van der Waals surface area (Å²) in [5, 5.41) is 7.40. The van der Waals surface area contributed by atoms with Crippen molar-refractivity contribution in [3.63, 3.8) is 0 Å². The number of benzene rings is 2. The monoisotopic (exact) mass is 346 g/mol. The summed E-state index contributed by atoms with van der Waals surface area (Å²) in [4.78, 5) is 16.9. The second-order valence-corrected chi connectivity index (χ2v) is 6.89. The molecule has 1 fully saturated rings. The van der Waals surface area contributed by atoms with Gasteiger partial charge in [-0.3, -0.25) is 9.48 Å². The fraction of sp³-hybridized carbons (Fsp3) is 0.286. The molecule has 1 saturated carbocycles. The van der Waals surface area contributed by atoms with Crippen LogP contribution in [0.25, 0.3) is 0 Å². The van der Waals surface area contributed by atoms with Crippen molar-refractivity contribution in [2.45, 2.75) is 31.8 Å². The second-order valence-electron chi connectivity index (χ2n) is 6.89. The van der Waals surface area contributed by atoms with Gasteiger partial charge in [0.2, 0.25) is 5.91 Å². The van der Waals surface area contributed by atoms with Gasteiger partial charge in [0, 0.05) is 5.92 Å². The van der Waals surface area contributed by atoms with Crippen molar-refractivity contribution in [2.24, 2.45) is 5.92 Å². The van der Waals surface area contributed by atoms with E-state index in [0.29, 0.717) is 12.5 Å². The van der Waals surface area contributed by atoms with Crippen molar-refractivity contribution in [3.8, 4) is 0 Å². The van der Waals surface area contributed by atoms with Crippen LogP contribution >= 0.6 is 0 Å². The fourth-order valence-corrected chi connectivity index (χ4v) is 3.54. The van der Waals surface area contributed by atoms with E-state index < -0.39 is 0 Å². The van der Waals surface area contributed by atoms with Crippen LogP contribution in [0.2, 0.25) is 0 Å². The summed E-state index contributed by atoms with van der Waals surface area (Å²) in [6, 6.07) is 18.2. The molecule has 1 N–H and O–H groups in total. The topological polar surface area (TPSA) is 59.8 Å². The molecule has 132 valence electrons. The van der Waals surface area contributed by atoms with Gasteiger partial charge in [0.25, 0.3) is 0 Å². The molecule has 0 saturated heterocycles. The molecule has 0 spiro atoms. The quantitative estimate of drug-likeness (QED) is 0.745. The maximum absolute atomic E-state index is 12.9. The molecule has 0 aliphatic heterocycles. The van der Waals surface area contributed by atoms with Crippen LogP contribution in [-0.2, 0) is 11.3 Å². The number of aryl methyl sites for hydroxylation is 1. The van der Waals surface area contributed by atoms with Crippen molar-refractivity contribution < 1.29 is 4.79 Å². The van der Waals surface area contributed by atoms with Crippen molar-refractivity contribution >= 4 is 5.91 Å². The largest absolute Gasteiger partial charge is 0.347 e. The maximum atomic E-state index is 12.9. The summed E-state index contributed by atoms with van der Waals surface area (Å²) in [5.74, 6) is 0.504. The normalized spacial score (nSPS) is 19.7. The molecule has 2 aromatic carbocycles. The van der Waals surface area contributed by atoms with Crippen LogP contribution in [0.1, 0.15) is 35.1 Å². The Morgan fingerprint density at radius 1 is 1.19 bits per heavy atom. The van der Waals surface area contributed by atoms with E-state index in [-0.39, 0.29) is 17.9 Å². The van der Waals surface area contributed by atoms with Gasteiger partial charge in [0.15, 0.2) is 0 Å². The molecule has 3 aromatic rings. The van der Waals surface area contributed by atoms with Crippen LogP contribution in [-0.4, -0.2) is 20.7 Å². The molecule has 5 nitrogen and oxygen atoms in total. The lowest BCUT2D eigenvalue weighted by atomic mass is 10.0. The Morgan fingerprint density at radius 2 is 1.96 bits per heavy atom. The highest BCUT2D eigenvalue weighted by molar-refractivity contribution is 5.83. The SMILES string of the molecule is Cc1ccccc1[C@@H]1C[C@@H]1C(=O)N[C@@H](Cn1cncn1)c1ccccc1. The Morgan fingerprint density at radius 3 is 2.69 bits per heavy atom. The summed E-state index contributed by atoms with van der Waals surface area (Å²) in [5.41, 5.74) is 3.62. The molecule has 0 bridgehead atoms. The van der Waals surface area contributed by atoms with E-state index in [4.69, 9.17) is 0 Å². The van der Waals surface area contributed by atoms with E-state index in [1.807, 2.05) is 42.5 Å². The lowest BCUT2D eigenvalue weighted by Gasteiger charge is -2.19.